The molecule has 1 aromatic carbocycles. The summed E-state index contributed by atoms with van der Waals surface area (Å²) in [5.41, 5.74) is 1.50. The second kappa shape index (κ2) is 7.04. The lowest BCUT2D eigenvalue weighted by molar-refractivity contribution is -0.140. The number of halogens is 1. The number of benzene rings is 1. The first kappa shape index (κ1) is 17.1. The molecule has 1 atom stereocenters. The maximum absolute atomic E-state index is 13.0. The number of piperazine rings is 1. The Morgan fingerprint density at radius 2 is 1.64 bits per heavy atom. The SMILES string of the molecule is CC(=O)N1CCN(C(=O)[C@H](C)n2ccc(-c3ccc(F)cc3)n2)CC1. The zero-order valence-corrected chi connectivity index (χ0v) is 14.4. The minimum atomic E-state index is -0.432. The molecular formula is C18H21FN4O2. The predicted molar refractivity (Wildman–Crippen MR) is 91.2 cm³/mol. The normalized spacial score (nSPS) is 16.0. The van der Waals surface area contributed by atoms with E-state index in [0.29, 0.717) is 31.9 Å². The second-order valence-electron chi connectivity index (χ2n) is 6.20. The van der Waals surface area contributed by atoms with E-state index in [4.69, 9.17) is 0 Å². The van der Waals surface area contributed by atoms with E-state index in [0.717, 1.165) is 5.56 Å². The highest BCUT2D eigenvalue weighted by molar-refractivity contribution is 5.80. The topological polar surface area (TPSA) is 58.4 Å². The van der Waals surface area contributed by atoms with Gasteiger partial charge in [0.25, 0.3) is 0 Å². The van der Waals surface area contributed by atoms with Crippen LogP contribution in [0.4, 0.5) is 4.39 Å². The first-order valence-electron chi connectivity index (χ1n) is 8.31. The molecule has 1 aromatic heterocycles. The minimum Gasteiger partial charge on any atom is -0.339 e. The number of carbonyl (C=O) groups is 2. The Morgan fingerprint density at radius 3 is 2.24 bits per heavy atom. The Morgan fingerprint density at radius 1 is 1.04 bits per heavy atom. The van der Waals surface area contributed by atoms with Gasteiger partial charge in [-0.15, -0.1) is 0 Å². The first-order valence-corrected chi connectivity index (χ1v) is 8.31. The van der Waals surface area contributed by atoms with Gasteiger partial charge in [-0.2, -0.15) is 5.10 Å². The number of rotatable bonds is 3. The predicted octanol–water partition coefficient (Wildman–Crippen LogP) is 1.94. The van der Waals surface area contributed by atoms with Crippen molar-refractivity contribution in [3.63, 3.8) is 0 Å². The molecule has 132 valence electrons. The van der Waals surface area contributed by atoms with Crippen molar-refractivity contribution in [1.29, 1.82) is 0 Å². The lowest BCUT2D eigenvalue weighted by Crippen LogP contribution is -2.51. The average Bonchev–Trinajstić information content (AvgIpc) is 3.11. The van der Waals surface area contributed by atoms with E-state index in [9.17, 15) is 14.0 Å². The first-order chi connectivity index (χ1) is 12.0. The summed E-state index contributed by atoms with van der Waals surface area (Å²) in [4.78, 5) is 27.6. The van der Waals surface area contributed by atoms with Gasteiger partial charge >= 0.3 is 0 Å². The van der Waals surface area contributed by atoms with Crippen LogP contribution in [0.1, 0.15) is 19.9 Å². The summed E-state index contributed by atoms with van der Waals surface area (Å²) in [6, 6.07) is 7.47. The standard InChI is InChI=1S/C18H21FN4O2/c1-13(18(25)22-11-9-21(10-12-22)14(2)24)23-8-7-17(20-23)15-3-5-16(19)6-4-15/h3-8,13H,9-12H2,1-2H3/t13-/m0/s1. The van der Waals surface area contributed by atoms with Gasteiger partial charge in [0, 0.05) is 44.9 Å². The fraction of sp³-hybridized carbons (Fsp3) is 0.389. The summed E-state index contributed by atoms with van der Waals surface area (Å²) < 4.78 is 14.6. The van der Waals surface area contributed by atoms with Gasteiger partial charge in [0.15, 0.2) is 0 Å². The number of aromatic nitrogens is 2. The highest BCUT2D eigenvalue weighted by Crippen LogP contribution is 2.20. The number of carbonyl (C=O) groups excluding carboxylic acids is 2. The number of hydrogen-bond donors (Lipinski definition) is 0. The third kappa shape index (κ3) is 3.70. The van der Waals surface area contributed by atoms with Crippen molar-refractivity contribution < 1.29 is 14.0 Å². The van der Waals surface area contributed by atoms with Crippen LogP contribution in [0.3, 0.4) is 0 Å². The van der Waals surface area contributed by atoms with Gasteiger partial charge in [-0.05, 0) is 37.3 Å². The van der Waals surface area contributed by atoms with Crippen LogP contribution >= 0.6 is 0 Å². The lowest BCUT2D eigenvalue weighted by atomic mass is 10.1. The molecule has 2 aromatic rings. The van der Waals surface area contributed by atoms with Crippen LogP contribution in [0.5, 0.6) is 0 Å². The van der Waals surface area contributed by atoms with Gasteiger partial charge < -0.3 is 9.80 Å². The molecule has 2 heterocycles. The van der Waals surface area contributed by atoms with E-state index in [1.165, 1.54) is 12.1 Å². The molecule has 0 saturated carbocycles. The minimum absolute atomic E-state index is 0.0167. The molecule has 6 nitrogen and oxygen atoms in total. The maximum Gasteiger partial charge on any atom is 0.247 e. The number of hydrogen-bond acceptors (Lipinski definition) is 3. The van der Waals surface area contributed by atoms with Gasteiger partial charge in [-0.1, -0.05) is 0 Å². The molecule has 0 spiro atoms. The second-order valence-corrected chi connectivity index (χ2v) is 6.20. The van der Waals surface area contributed by atoms with Crippen LogP contribution in [0.2, 0.25) is 0 Å². The van der Waals surface area contributed by atoms with E-state index < -0.39 is 6.04 Å². The third-order valence-corrected chi connectivity index (χ3v) is 4.54. The zero-order valence-electron chi connectivity index (χ0n) is 14.4. The molecule has 1 saturated heterocycles. The fourth-order valence-electron chi connectivity index (χ4n) is 2.95. The molecule has 25 heavy (non-hydrogen) atoms. The van der Waals surface area contributed by atoms with E-state index in [2.05, 4.69) is 5.10 Å². The molecule has 3 rings (SSSR count). The van der Waals surface area contributed by atoms with Gasteiger partial charge in [0.2, 0.25) is 11.8 Å². The largest absolute Gasteiger partial charge is 0.339 e. The Labute approximate surface area is 145 Å². The van der Waals surface area contributed by atoms with E-state index >= 15 is 0 Å². The fourth-order valence-corrected chi connectivity index (χ4v) is 2.95. The van der Waals surface area contributed by atoms with Crippen LogP contribution in [-0.4, -0.2) is 57.6 Å². The van der Waals surface area contributed by atoms with Crippen LogP contribution in [-0.2, 0) is 9.59 Å². The molecule has 0 aliphatic carbocycles. The quantitative estimate of drug-likeness (QED) is 0.855. The maximum atomic E-state index is 13.0. The monoisotopic (exact) mass is 344 g/mol. The molecule has 1 aliphatic heterocycles. The van der Waals surface area contributed by atoms with Crippen molar-refractivity contribution in [3.05, 3.63) is 42.3 Å². The highest BCUT2D eigenvalue weighted by atomic mass is 19.1. The number of amides is 2. The molecule has 0 radical (unpaired) electrons. The Kier molecular flexibility index (Phi) is 4.83. The Hall–Kier alpha value is -2.70. The van der Waals surface area contributed by atoms with Gasteiger partial charge in [0.1, 0.15) is 11.9 Å². The molecule has 0 N–H and O–H groups in total. The molecular weight excluding hydrogens is 323 g/mol. The lowest BCUT2D eigenvalue weighted by Gasteiger charge is -2.35. The smallest absolute Gasteiger partial charge is 0.247 e. The molecule has 0 unspecified atom stereocenters. The molecule has 1 aliphatic rings. The van der Waals surface area contributed by atoms with Crippen molar-refractivity contribution in [3.8, 4) is 11.3 Å². The summed E-state index contributed by atoms with van der Waals surface area (Å²) in [6.07, 6.45) is 1.76. The van der Waals surface area contributed by atoms with Crippen molar-refractivity contribution in [2.45, 2.75) is 19.9 Å². The Bertz CT molecular complexity index is 764. The van der Waals surface area contributed by atoms with Crippen LogP contribution < -0.4 is 0 Å². The van der Waals surface area contributed by atoms with Crippen LogP contribution in [0.25, 0.3) is 11.3 Å². The number of nitrogens with zero attached hydrogens (tertiary/aromatic N) is 4. The molecule has 2 amide bonds. The summed E-state index contributed by atoms with van der Waals surface area (Å²) >= 11 is 0. The summed E-state index contributed by atoms with van der Waals surface area (Å²) in [6.45, 7) is 5.55. The van der Waals surface area contributed by atoms with Crippen molar-refractivity contribution >= 4 is 11.8 Å². The van der Waals surface area contributed by atoms with E-state index in [1.54, 1.807) is 46.7 Å². The zero-order chi connectivity index (χ0) is 18.0. The Balaban J connectivity index is 1.67. The van der Waals surface area contributed by atoms with Gasteiger partial charge in [-0.25, -0.2) is 4.39 Å². The molecule has 0 bridgehead atoms. The average molecular weight is 344 g/mol. The summed E-state index contributed by atoms with van der Waals surface area (Å²) in [5.74, 6) is -0.274. The van der Waals surface area contributed by atoms with Crippen LogP contribution in [0, 0.1) is 5.82 Å². The van der Waals surface area contributed by atoms with E-state index in [-0.39, 0.29) is 17.6 Å². The third-order valence-electron chi connectivity index (χ3n) is 4.54. The van der Waals surface area contributed by atoms with Gasteiger partial charge in [-0.3, -0.25) is 14.3 Å². The molecule has 1 fully saturated rings. The van der Waals surface area contributed by atoms with Crippen molar-refractivity contribution in [1.82, 2.24) is 19.6 Å². The van der Waals surface area contributed by atoms with E-state index in [1.807, 2.05) is 6.07 Å². The van der Waals surface area contributed by atoms with Crippen molar-refractivity contribution in [2.75, 3.05) is 26.2 Å². The summed E-state index contributed by atoms with van der Waals surface area (Å²) in [7, 11) is 0. The molecule has 7 heteroatoms. The summed E-state index contributed by atoms with van der Waals surface area (Å²) in [5, 5.41) is 4.45. The van der Waals surface area contributed by atoms with Crippen LogP contribution in [0.15, 0.2) is 36.5 Å². The van der Waals surface area contributed by atoms with Crippen molar-refractivity contribution in [2.24, 2.45) is 0 Å². The van der Waals surface area contributed by atoms with Gasteiger partial charge in [0.05, 0.1) is 5.69 Å². The highest BCUT2D eigenvalue weighted by Gasteiger charge is 2.27.